The lowest BCUT2D eigenvalue weighted by Crippen LogP contribution is -2.31. The molecule has 0 fully saturated rings. The number of primary amides is 1. The van der Waals surface area contributed by atoms with Crippen molar-refractivity contribution in [1.29, 1.82) is 0 Å². The smallest absolute Gasteiger partial charge is 0.323 e. The van der Waals surface area contributed by atoms with E-state index in [4.69, 9.17) is 5.73 Å². The molecule has 0 saturated carbocycles. The molecule has 3 nitrogen and oxygen atoms in total. The standard InChI is InChI=1S/C13H11N2O/c14-13(16)15(11-7-3-1-4-8-11)12-9-5-2-6-10-12/h1-5,7-10H,(H2,14,16). The molecule has 0 heterocycles. The maximum absolute atomic E-state index is 11.4. The number of carbonyl (C=O) groups excluding carboxylic acids is 1. The van der Waals surface area contributed by atoms with E-state index in [1.54, 1.807) is 12.1 Å². The van der Waals surface area contributed by atoms with Crippen molar-refractivity contribution in [3.63, 3.8) is 0 Å². The van der Waals surface area contributed by atoms with Gasteiger partial charge in [0.1, 0.15) is 0 Å². The molecule has 0 bridgehead atoms. The van der Waals surface area contributed by atoms with Gasteiger partial charge in [-0.3, -0.25) is 4.90 Å². The first kappa shape index (κ1) is 10.2. The summed E-state index contributed by atoms with van der Waals surface area (Å²) in [6, 6.07) is 18.8. The Bertz CT molecular complexity index is 428. The number of anilines is 2. The van der Waals surface area contributed by atoms with Crippen molar-refractivity contribution >= 4 is 17.4 Å². The maximum Gasteiger partial charge on any atom is 0.323 e. The maximum atomic E-state index is 11.4. The molecule has 0 saturated heterocycles. The Hall–Kier alpha value is -2.29. The zero-order valence-corrected chi connectivity index (χ0v) is 8.63. The van der Waals surface area contributed by atoms with Crippen molar-refractivity contribution in [2.24, 2.45) is 5.73 Å². The third-order valence-corrected chi connectivity index (χ3v) is 2.18. The van der Waals surface area contributed by atoms with Crippen LogP contribution in [0.5, 0.6) is 0 Å². The molecule has 0 aliphatic carbocycles. The van der Waals surface area contributed by atoms with Crippen LogP contribution in [0.15, 0.2) is 54.6 Å². The van der Waals surface area contributed by atoms with Gasteiger partial charge in [0.15, 0.2) is 0 Å². The monoisotopic (exact) mass is 211 g/mol. The summed E-state index contributed by atoms with van der Waals surface area (Å²) in [7, 11) is 0. The van der Waals surface area contributed by atoms with Crippen molar-refractivity contribution in [3.05, 3.63) is 60.7 Å². The van der Waals surface area contributed by atoms with Crippen LogP contribution in [0.25, 0.3) is 0 Å². The third kappa shape index (κ3) is 2.03. The molecule has 2 aromatic carbocycles. The minimum Gasteiger partial charge on any atom is -0.351 e. The summed E-state index contributed by atoms with van der Waals surface area (Å²) in [4.78, 5) is 12.9. The average molecular weight is 211 g/mol. The molecular formula is C13H11N2O. The van der Waals surface area contributed by atoms with Crippen molar-refractivity contribution in [2.75, 3.05) is 4.90 Å². The number of rotatable bonds is 2. The lowest BCUT2D eigenvalue weighted by molar-refractivity contribution is 0.256. The van der Waals surface area contributed by atoms with Crippen LogP contribution in [0.2, 0.25) is 0 Å². The molecule has 79 valence electrons. The first-order valence-electron chi connectivity index (χ1n) is 4.90. The van der Waals surface area contributed by atoms with Crippen LogP contribution in [0, 0.1) is 6.07 Å². The highest BCUT2D eigenvalue weighted by Gasteiger charge is 2.13. The van der Waals surface area contributed by atoms with E-state index >= 15 is 0 Å². The number of nitrogens with two attached hydrogens (primary N) is 1. The van der Waals surface area contributed by atoms with Gasteiger partial charge in [-0.15, -0.1) is 0 Å². The number of nitrogens with zero attached hydrogens (tertiary/aromatic N) is 1. The fourth-order valence-electron chi connectivity index (χ4n) is 1.50. The Morgan fingerprint density at radius 2 is 1.75 bits per heavy atom. The van der Waals surface area contributed by atoms with Crippen molar-refractivity contribution in [3.8, 4) is 0 Å². The van der Waals surface area contributed by atoms with Gasteiger partial charge in [0.2, 0.25) is 0 Å². The van der Waals surface area contributed by atoms with E-state index in [0.717, 1.165) is 5.69 Å². The molecule has 0 spiro atoms. The van der Waals surface area contributed by atoms with E-state index in [1.165, 1.54) is 4.90 Å². The zero-order chi connectivity index (χ0) is 11.4. The number of carbonyl (C=O) groups is 1. The molecule has 2 rings (SSSR count). The van der Waals surface area contributed by atoms with Gasteiger partial charge < -0.3 is 5.73 Å². The van der Waals surface area contributed by atoms with Crippen LogP contribution in [0.1, 0.15) is 0 Å². The van der Waals surface area contributed by atoms with Crippen LogP contribution in [0.4, 0.5) is 16.2 Å². The summed E-state index contributed by atoms with van der Waals surface area (Å²) >= 11 is 0. The Kier molecular flexibility index (Phi) is 2.87. The van der Waals surface area contributed by atoms with Gasteiger partial charge in [-0.25, -0.2) is 4.79 Å². The third-order valence-electron chi connectivity index (χ3n) is 2.18. The SMILES string of the molecule is NC(=O)N(c1c[c]ccc1)c1ccccc1. The summed E-state index contributed by atoms with van der Waals surface area (Å²) in [5, 5.41) is 0. The fraction of sp³-hybridized carbons (Fsp3) is 0. The molecule has 0 aromatic heterocycles. The van der Waals surface area contributed by atoms with Gasteiger partial charge in [0.25, 0.3) is 0 Å². The first-order chi connectivity index (χ1) is 7.79. The molecule has 3 heteroatoms. The van der Waals surface area contributed by atoms with Gasteiger partial charge in [-0.05, 0) is 30.3 Å². The Morgan fingerprint density at radius 1 is 1.06 bits per heavy atom. The predicted molar refractivity (Wildman–Crippen MR) is 63.4 cm³/mol. The lowest BCUT2D eigenvalue weighted by Gasteiger charge is -2.20. The van der Waals surface area contributed by atoms with E-state index in [2.05, 4.69) is 6.07 Å². The minimum atomic E-state index is -0.509. The minimum absolute atomic E-state index is 0.509. The number of benzene rings is 2. The number of para-hydroxylation sites is 1. The van der Waals surface area contributed by atoms with Crippen LogP contribution < -0.4 is 10.6 Å². The second-order valence-corrected chi connectivity index (χ2v) is 3.27. The van der Waals surface area contributed by atoms with Crippen LogP contribution in [-0.2, 0) is 0 Å². The van der Waals surface area contributed by atoms with Crippen molar-refractivity contribution in [1.82, 2.24) is 0 Å². The zero-order valence-electron chi connectivity index (χ0n) is 8.63. The molecule has 2 amide bonds. The largest absolute Gasteiger partial charge is 0.351 e. The van der Waals surface area contributed by atoms with Crippen LogP contribution >= 0.6 is 0 Å². The normalized spacial score (nSPS) is 9.75. The number of amides is 2. The lowest BCUT2D eigenvalue weighted by atomic mass is 10.2. The first-order valence-corrected chi connectivity index (χ1v) is 4.90. The molecule has 1 radical (unpaired) electrons. The molecule has 2 aromatic rings. The van der Waals surface area contributed by atoms with Gasteiger partial charge in [-0.1, -0.05) is 30.3 Å². The quantitative estimate of drug-likeness (QED) is 0.815. The van der Waals surface area contributed by atoms with Crippen molar-refractivity contribution < 1.29 is 4.79 Å². The van der Waals surface area contributed by atoms with Gasteiger partial charge in [0, 0.05) is 0 Å². The second-order valence-electron chi connectivity index (χ2n) is 3.27. The Morgan fingerprint density at radius 3 is 2.31 bits per heavy atom. The number of hydrogen-bond acceptors (Lipinski definition) is 1. The van der Waals surface area contributed by atoms with Crippen LogP contribution in [-0.4, -0.2) is 6.03 Å². The highest BCUT2D eigenvalue weighted by molar-refractivity contribution is 5.98. The molecular weight excluding hydrogens is 200 g/mol. The number of urea groups is 1. The highest BCUT2D eigenvalue weighted by Crippen LogP contribution is 2.23. The van der Waals surface area contributed by atoms with Gasteiger partial charge in [0.05, 0.1) is 11.4 Å². The molecule has 0 atom stereocenters. The summed E-state index contributed by atoms with van der Waals surface area (Å²) in [6.45, 7) is 0. The van der Waals surface area contributed by atoms with E-state index in [9.17, 15) is 4.79 Å². The Balaban J connectivity index is 2.44. The summed E-state index contributed by atoms with van der Waals surface area (Å²) in [5.74, 6) is 0. The molecule has 16 heavy (non-hydrogen) atoms. The summed E-state index contributed by atoms with van der Waals surface area (Å²) in [6.07, 6.45) is 0. The summed E-state index contributed by atoms with van der Waals surface area (Å²) in [5.41, 5.74) is 6.83. The van der Waals surface area contributed by atoms with E-state index < -0.39 is 6.03 Å². The predicted octanol–water partition coefficient (Wildman–Crippen LogP) is 2.70. The highest BCUT2D eigenvalue weighted by atomic mass is 16.2. The topological polar surface area (TPSA) is 46.3 Å². The Labute approximate surface area is 94.1 Å². The van der Waals surface area contributed by atoms with Gasteiger partial charge in [-0.2, -0.15) is 0 Å². The fourth-order valence-corrected chi connectivity index (χ4v) is 1.50. The second kappa shape index (κ2) is 4.49. The summed E-state index contributed by atoms with van der Waals surface area (Å²) < 4.78 is 0. The average Bonchev–Trinajstić information content (AvgIpc) is 2.31. The molecule has 0 aliphatic heterocycles. The van der Waals surface area contributed by atoms with E-state index in [1.807, 2.05) is 42.5 Å². The molecule has 2 N–H and O–H groups in total. The molecule has 0 unspecified atom stereocenters. The number of hydrogen-bond donors (Lipinski definition) is 1. The molecule has 0 aliphatic rings. The van der Waals surface area contributed by atoms with Crippen LogP contribution in [0.3, 0.4) is 0 Å². The van der Waals surface area contributed by atoms with E-state index in [-0.39, 0.29) is 0 Å². The van der Waals surface area contributed by atoms with Crippen molar-refractivity contribution in [2.45, 2.75) is 0 Å². The van der Waals surface area contributed by atoms with Gasteiger partial charge >= 0.3 is 6.03 Å². The van der Waals surface area contributed by atoms with E-state index in [0.29, 0.717) is 5.69 Å².